The van der Waals surface area contributed by atoms with Gasteiger partial charge in [0.15, 0.2) is 0 Å². The third-order valence-corrected chi connectivity index (χ3v) is 2.21. The van der Waals surface area contributed by atoms with E-state index in [1.807, 2.05) is 0 Å². The first kappa shape index (κ1) is 11.8. The van der Waals surface area contributed by atoms with E-state index in [1.54, 1.807) is 18.4 Å². The first-order valence-corrected chi connectivity index (χ1v) is 5.19. The van der Waals surface area contributed by atoms with Crippen LogP contribution in [-0.2, 0) is 0 Å². The minimum absolute atomic E-state index is 0.0274. The number of nitrogens with one attached hydrogen (secondary N) is 1. The standard InChI is InChI=1S/C12H17NO2/c1-3-6-10(4-2)13-9-11(14)12-7-5-8-15-12/h2,5,7-8,10-11,13-14H,3,6,9H2,1H3. The summed E-state index contributed by atoms with van der Waals surface area (Å²) in [5.74, 6) is 3.22. The Morgan fingerprint density at radius 3 is 3.00 bits per heavy atom. The molecular weight excluding hydrogens is 190 g/mol. The van der Waals surface area contributed by atoms with E-state index in [0.717, 1.165) is 12.8 Å². The zero-order chi connectivity index (χ0) is 11.1. The van der Waals surface area contributed by atoms with Gasteiger partial charge < -0.3 is 14.8 Å². The number of terminal acetylenes is 1. The molecule has 1 aromatic heterocycles. The molecule has 0 amide bonds. The third-order valence-electron chi connectivity index (χ3n) is 2.21. The number of furan rings is 1. The molecule has 0 spiro atoms. The van der Waals surface area contributed by atoms with Gasteiger partial charge >= 0.3 is 0 Å². The molecule has 0 saturated heterocycles. The van der Waals surface area contributed by atoms with Gasteiger partial charge in [0.05, 0.1) is 12.3 Å². The molecule has 15 heavy (non-hydrogen) atoms. The van der Waals surface area contributed by atoms with Gasteiger partial charge in [-0.3, -0.25) is 0 Å². The van der Waals surface area contributed by atoms with Crippen LogP contribution in [0.5, 0.6) is 0 Å². The molecule has 82 valence electrons. The Balaban J connectivity index is 2.33. The van der Waals surface area contributed by atoms with Crippen LogP contribution < -0.4 is 5.32 Å². The maximum atomic E-state index is 9.70. The lowest BCUT2D eigenvalue weighted by Gasteiger charge is -2.14. The fraction of sp³-hybridized carbons (Fsp3) is 0.500. The fourth-order valence-electron chi connectivity index (χ4n) is 1.37. The third kappa shape index (κ3) is 3.78. The van der Waals surface area contributed by atoms with E-state index in [4.69, 9.17) is 10.8 Å². The quantitative estimate of drug-likeness (QED) is 0.698. The van der Waals surface area contributed by atoms with Crippen molar-refractivity contribution in [1.29, 1.82) is 0 Å². The summed E-state index contributed by atoms with van der Waals surface area (Å²) < 4.78 is 5.08. The van der Waals surface area contributed by atoms with Crippen LogP contribution >= 0.6 is 0 Å². The van der Waals surface area contributed by atoms with Crippen molar-refractivity contribution in [2.24, 2.45) is 0 Å². The Kier molecular flexibility index (Phi) is 4.96. The van der Waals surface area contributed by atoms with Gasteiger partial charge in [0, 0.05) is 6.54 Å². The van der Waals surface area contributed by atoms with Crippen molar-refractivity contribution >= 4 is 0 Å². The van der Waals surface area contributed by atoms with Gasteiger partial charge in [0.2, 0.25) is 0 Å². The lowest BCUT2D eigenvalue weighted by atomic mass is 10.1. The summed E-state index contributed by atoms with van der Waals surface area (Å²) in [5, 5.41) is 12.8. The van der Waals surface area contributed by atoms with Crippen LogP contribution in [0.15, 0.2) is 22.8 Å². The zero-order valence-electron chi connectivity index (χ0n) is 8.94. The van der Waals surface area contributed by atoms with E-state index in [-0.39, 0.29) is 6.04 Å². The largest absolute Gasteiger partial charge is 0.467 e. The molecule has 0 fully saturated rings. The normalized spacial score (nSPS) is 14.5. The average molecular weight is 207 g/mol. The van der Waals surface area contributed by atoms with Crippen LogP contribution in [0.25, 0.3) is 0 Å². The van der Waals surface area contributed by atoms with Crippen LogP contribution in [0, 0.1) is 12.3 Å². The number of rotatable bonds is 6. The summed E-state index contributed by atoms with van der Waals surface area (Å²) in [6.45, 7) is 2.50. The highest BCUT2D eigenvalue weighted by atomic mass is 16.4. The monoisotopic (exact) mass is 207 g/mol. The average Bonchev–Trinajstić information content (AvgIpc) is 2.77. The second-order valence-electron chi connectivity index (χ2n) is 3.45. The van der Waals surface area contributed by atoms with Crippen LogP contribution in [-0.4, -0.2) is 17.7 Å². The van der Waals surface area contributed by atoms with Crippen LogP contribution in [0.3, 0.4) is 0 Å². The predicted molar refractivity (Wildman–Crippen MR) is 59.2 cm³/mol. The Morgan fingerprint density at radius 2 is 2.47 bits per heavy atom. The Labute approximate surface area is 90.5 Å². The maximum Gasteiger partial charge on any atom is 0.133 e. The lowest BCUT2D eigenvalue weighted by molar-refractivity contribution is 0.145. The first-order valence-electron chi connectivity index (χ1n) is 5.19. The summed E-state index contributed by atoms with van der Waals surface area (Å²) in [6.07, 6.45) is 8.20. The van der Waals surface area contributed by atoms with E-state index < -0.39 is 6.10 Å². The number of aliphatic hydroxyl groups is 1. The highest BCUT2D eigenvalue weighted by Crippen LogP contribution is 2.12. The summed E-state index contributed by atoms with van der Waals surface area (Å²) in [6, 6.07) is 3.53. The Morgan fingerprint density at radius 1 is 1.67 bits per heavy atom. The second-order valence-corrected chi connectivity index (χ2v) is 3.45. The minimum atomic E-state index is -0.632. The zero-order valence-corrected chi connectivity index (χ0v) is 8.94. The maximum absolute atomic E-state index is 9.70. The molecule has 3 heteroatoms. The Bertz CT molecular complexity index is 300. The van der Waals surface area contributed by atoms with Crippen molar-refractivity contribution in [2.45, 2.75) is 31.9 Å². The Hall–Kier alpha value is -1.24. The van der Waals surface area contributed by atoms with E-state index >= 15 is 0 Å². The molecule has 2 unspecified atom stereocenters. The molecule has 1 heterocycles. The summed E-state index contributed by atoms with van der Waals surface area (Å²) in [5.41, 5.74) is 0. The van der Waals surface area contributed by atoms with E-state index in [0.29, 0.717) is 12.3 Å². The predicted octanol–water partition coefficient (Wildman–Crippen LogP) is 1.70. The van der Waals surface area contributed by atoms with Crippen molar-refractivity contribution < 1.29 is 9.52 Å². The van der Waals surface area contributed by atoms with Crippen molar-refractivity contribution in [3.05, 3.63) is 24.2 Å². The van der Waals surface area contributed by atoms with Crippen molar-refractivity contribution in [3.8, 4) is 12.3 Å². The molecule has 1 rings (SSSR count). The summed E-state index contributed by atoms with van der Waals surface area (Å²) in [7, 11) is 0. The molecule has 0 saturated carbocycles. The van der Waals surface area contributed by atoms with E-state index in [1.165, 1.54) is 0 Å². The smallest absolute Gasteiger partial charge is 0.133 e. The first-order chi connectivity index (χ1) is 7.27. The molecule has 2 atom stereocenters. The van der Waals surface area contributed by atoms with Gasteiger partial charge in [-0.05, 0) is 18.6 Å². The molecular formula is C12H17NO2. The van der Waals surface area contributed by atoms with Crippen LogP contribution in [0.4, 0.5) is 0 Å². The number of hydrogen-bond donors (Lipinski definition) is 2. The van der Waals surface area contributed by atoms with Gasteiger partial charge in [0.1, 0.15) is 11.9 Å². The number of hydrogen-bond acceptors (Lipinski definition) is 3. The molecule has 0 aromatic carbocycles. The highest BCUT2D eigenvalue weighted by molar-refractivity contribution is 5.04. The van der Waals surface area contributed by atoms with Crippen molar-refractivity contribution in [2.75, 3.05) is 6.54 Å². The second kappa shape index (κ2) is 6.28. The van der Waals surface area contributed by atoms with Gasteiger partial charge in [-0.1, -0.05) is 19.3 Å². The van der Waals surface area contributed by atoms with Crippen molar-refractivity contribution in [1.82, 2.24) is 5.32 Å². The highest BCUT2D eigenvalue weighted by Gasteiger charge is 2.11. The fourth-order valence-corrected chi connectivity index (χ4v) is 1.37. The topological polar surface area (TPSA) is 45.4 Å². The SMILES string of the molecule is C#CC(CCC)NCC(O)c1ccco1. The van der Waals surface area contributed by atoms with Gasteiger partial charge in [-0.15, -0.1) is 6.42 Å². The molecule has 1 aromatic rings. The molecule has 0 aliphatic carbocycles. The van der Waals surface area contributed by atoms with Gasteiger partial charge in [-0.2, -0.15) is 0 Å². The van der Waals surface area contributed by atoms with Gasteiger partial charge in [0.25, 0.3) is 0 Å². The molecule has 2 N–H and O–H groups in total. The number of aliphatic hydroxyl groups excluding tert-OH is 1. The van der Waals surface area contributed by atoms with Crippen LogP contribution in [0.2, 0.25) is 0 Å². The molecule has 3 nitrogen and oxygen atoms in total. The van der Waals surface area contributed by atoms with Crippen molar-refractivity contribution in [3.63, 3.8) is 0 Å². The van der Waals surface area contributed by atoms with E-state index in [9.17, 15) is 5.11 Å². The lowest BCUT2D eigenvalue weighted by Crippen LogP contribution is -2.31. The summed E-state index contributed by atoms with van der Waals surface area (Å²) in [4.78, 5) is 0. The van der Waals surface area contributed by atoms with Crippen LogP contribution in [0.1, 0.15) is 31.6 Å². The minimum Gasteiger partial charge on any atom is -0.467 e. The van der Waals surface area contributed by atoms with Gasteiger partial charge in [-0.25, -0.2) is 0 Å². The molecule has 0 radical (unpaired) electrons. The molecule has 0 aliphatic heterocycles. The molecule has 0 bridgehead atoms. The molecule has 0 aliphatic rings. The summed E-state index contributed by atoms with van der Waals surface area (Å²) >= 11 is 0. The van der Waals surface area contributed by atoms with E-state index in [2.05, 4.69) is 18.2 Å².